The fraction of sp³-hybridized carbons (Fsp3) is 0.900. The SMILES string of the molecule is CS(=O)(=O)CCCC(=O)C1CCCC1N. The largest absolute Gasteiger partial charge is 0.327 e. The highest BCUT2D eigenvalue weighted by atomic mass is 32.2. The van der Waals surface area contributed by atoms with Gasteiger partial charge in [0.15, 0.2) is 0 Å². The summed E-state index contributed by atoms with van der Waals surface area (Å²) in [4.78, 5) is 11.7. The van der Waals surface area contributed by atoms with Gasteiger partial charge in [0.25, 0.3) is 0 Å². The lowest BCUT2D eigenvalue weighted by atomic mass is 9.96. The van der Waals surface area contributed by atoms with Gasteiger partial charge in [-0.05, 0) is 19.3 Å². The molecule has 1 fully saturated rings. The molecular formula is C10H19NO3S. The second kappa shape index (κ2) is 5.07. The van der Waals surface area contributed by atoms with E-state index in [0.717, 1.165) is 19.3 Å². The number of sulfone groups is 1. The van der Waals surface area contributed by atoms with E-state index in [1.54, 1.807) is 0 Å². The molecule has 2 N–H and O–H groups in total. The number of carbonyl (C=O) groups excluding carboxylic acids is 1. The third kappa shape index (κ3) is 4.30. The van der Waals surface area contributed by atoms with Crippen LogP contribution in [0.5, 0.6) is 0 Å². The van der Waals surface area contributed by atoms with Gasteiger partial charge >= 0.3 is 0 Å². The Labute approximate surface area is 91.1 Å². The monoisotopic (exact) mass is 233 g/mol. The molecule has 0 aliphatic heterocycles. The third-order valence-electron chi connectivity index (χ3n) is 2.92. The quantitative estimate of drug-likeness (QED) is 0.750. The molecule has 1 saturated carbocycles. The number of nitrogens with two attached hydrogens (primary N) is 1. The lowest BCUT2D eigenvalue weighted by Crippen LogP contribution is -2.30. The first kappa shape index (κ1) is 12.6. The Balaban J connectivity index is 2.30. The fourth-order valence-electron chi connectivity index (χ4n) is 2.08. The van der Waals surface area contributed by atoms with E-state index in [4.69, 9.17) is 5.73 Å². The molecule has 2 unspecified atom stereocenters. The van der Waals surface area contributed by atoms with Crippen LogP contribution in [-0.4, -0.2) is 32.3 Å². The molecule has 88 valence electrons. The Bertz CT molecular complexity index is 324. The number of carbonyl (C=O) groups is 1. The van der Waals surface area contributed by atoms with Crippen LogP contribution in [-0.2, 0) is 14.6 Å². The summed E-state index contributed by atoms with van der Waals surface area (Å²) in [6.07, 6.45) is 4.79. The van der Waals surface area contributed by atoms with Crippen LogP contribution in [0.3, 0.4) is 0 Å². The maximum absolute atomic E-state index is 11.7. The predicted octanol–water partition coefficient (Wildman–Crippen LogP) is 0.508. The summed E-state index contributed by atoms with van der Waals surface area (Å²) in [6, 6.07) is -0.00395. The van der Waals surface area contributed by atoms with Gasteiger partial charge in [0.1, 0.15) is 15.6 Å². The molecule has 0 aromatic heterocycles. The highest BCUT2D eigenvalue weighted by Crippen LogP contribution is 2.26. The van der Waals surface area contributed by atoms with Crippen molar-refractivity contribution in [1.82, 2.24) is 0 Å². The van der Waals surface area contributed by atoms with Gasteiger partial charge in [-0.15, -0.1) is 0 Å². The second-order valence-electron chi connectivity index (χ2n) is 4.40. The van der Waals surface area contributed by atoms with Crippen molar-refractivity contribution in [2.45, 2.75) is 38.1 Å². The average molecular weight is 233 g/mol. The standard InChI is InChI=1S/C10H19NO3S/c1-15(13,14)7-3-6-10(12)8-4-2-5-9(8)11/h8-9H,2-7,11H2,1H3. The predicted molar refractivity (Wildman–Crippen MR) is 59.3 cm³/mol. The molecule has 5 heteroatoms. The van der Waals surface area contributed by atoms with E-state index in [-0.39, 0.29) is 23.5 Å². The van der Waals surface area contributed by atoms with Gasteiger partial charge in [-0.1, -0.05) is 6.42 Å². The zero-order valence-corrected chi connectivity index (χ0v) is 9.92. The van der Waals surface area contributed by atoms with E-state index in [2.05, 4.69) is 0 Å². The molecule has 1 rings (SSSR count). The lowest BCUT2D eigenvalue weighted by molar-refractivity contribution is -0.123. The van der Waals surface area contributed by atoms with Crippen molar-refractivity contribution < 1.29 is 13.2 Å². The van der Waals surface area contributed by atoms with Crippen LogP contribution in [0.2, 0.25) is 0 Å². The van der Waals surface area contributed by atoms with Crippen molar-refractivity contribution in [1.29, 1.82) is 0 Å². The molecule has 15 heavy (non-hydrogen) atoms. The molecule has 1 aliphatic rings. The average Bonchev–Trinajstić information content (AvgIpc) is 2.48. The first-order valence-corrected chi connectivity index (χ1v) is 7.42. The summed E-state index contributed by atoms with van der Waals surface area (Å²) in [5, 5.41) is 0. The fourth-order valence-corrected chi connectivity index (χ4v) is 2.75. The minimum absolute atomic E-state index is 0.00395. The second-order valence-corrected chi connectivity index (χ2v) is 6.66. The summed E-state index contributed by atoms with van der Waals surface area (Å²) < 4.78 is 21.7. The van der Waals surface area contributed by atoms with Crippen molar-refractivity contribution in [2.24, 2.45) is 11.7 Å². The van der Waals surface area contributed by atoms with Crippen LogP contribution in [0, 0.1) is 5.92 Å². The van der Waals surface area contributed by atoms with E-state index in [9.17, 15) is 13.2 Å². The van der Waals surface area contributed by atoms with Crippen molar-refractivity contribution in [3.63, 3.8) is 0 Å². The Kier molecular flexibility index (Phi) is 4.28. The topological polar surface area (TPSA) is 77.2 Å². The Morgan fingerprint density at radius 1 is 1.40 bits per heavy atom. The minimum Gasteiger partial charge on any atom is -0.327 e. The molecule has 0 saturated heterocycles. The van der Waals surface area contributed by atoms with Crippen LogP contribution < -0.4 is 5.73 Å². The van der Waals surface area contributed by atoms with Gasteiger partial charge < -0.3 is 5.73 Å². The van der Waals surface area contributed by atoms with Crippen LogP contribution in [0.1, 0.15) is 32.1 Å². The van der Waals surface area contributed by atoms with Crippen molar-refractivity contribution >= 4 is 15.6 Å². The number of hydrogen-bond acceptors (Lipinski definition) is 4. The molecule has 0 radical (unpaired) electrons. The molecule has 4 nitrogen and oxygen atoms in total. The maximum Gasteiger partial charge on any atom is 0.147 e. The minimum atomic E-state index is -2.94. The van der Waals surface area contributed by atoms with Crippen molar-refractivity contribution in [3.05, 3.63) is 0 Å². The molecule has 0 bridgehead atoms. The number of rotatable bonds is 5. The van der Waals surface area contributed by atoms with Gasteiger partial charge in [-0.25, -0.2) is 8.42 Å². The zero-order valence-electron chi connectivity index (χ0n) is 9.11. The van der Waals surface area contributed by atoms with Crippen molar-refractivity contribution in [2.75, 3.05) is 12.0 Å². The maximum atomic E-state index is 11.7. The molecule has 0 heterocycles. The van der Waals surface area contributed by atoms with E-state index < -0.39 is 9.84 Å². The summed E-state index contributed by atoms with van der Waals surface area (Å²) in [5.74, 6) is 0.217. The highest BCUT2D eigenvalue weighted by Gasteiger charge is 2.29. The highest BCUT2D eigenvalue weighted by molar-refractivity contribution is 7.90. The normalized spacial score (nSPS) is 26.8. The summed E-state index contributed by atoms with van der Waals surface area (Å²) >= 11 is 0. The molecule has 0 aromatic carbocycles. The van der Waals surface area contributed by atoms with Gasteiger partial charge in [-0.2, -0.15) is 0 Å². The first-order chi connectivity index (χ1) is 6.90. The lowest BCUT2D eigenvalue weighted by Gasteiger charge is -2.13. The van der Waals surface area contributed by atoms with Gasteiger partial charge in [-0.3, -0.25) is 4.79 Å². The Morgan fingerprint density at radius 3 is 2.53 bits per heavy atom. The molecule has 2 atom stereocenters. The zero-order chi connectivity index (χ0) is 11.5. The summed E-state index contributed by atoms with van der Waals surface area (Å²) in [7, 11) is -2.94. The summed E-state index contributed by atoms with van der Waals surface area (Å²) in [6.45, 7) is 0. The summed E-state index contributed by atoms with van der Waals surface area (Å²) in [5.41, 5.74) is 5.80. The van der Waals surface area contributed by atoms with E-state index in [1.807, 2.05) is 0 Å². The number of hydrogen-bond donors (Lipinski definition) is 1. The van der Waals surface area contributed by atoms with E-state index in [1.165, 1.54) is 6.26 Å². The Hall–Kier alpha value is -0.420. The molecule has 0 spiro atoms. The Morgan fingerprint density at radius 2 is 2.07 bits per heavy atom. The van der Waals surface area contributed by atoms with Crippen LogP contribution in [0.15, 0.2) is 0 Å². The third-order valence-corrected chi connectivity index (χ3v) is 3.95. The van der Waals surface area contributed by atoms with Crippen LogP contribution >= 0.6 is 0 Å². The van der Waals surface area contributed by atoms with E-state index >= 15 is 0 Å². The number of ketones is 1. The van der Waals surface area contributed by atoms with Crippen molar-refractivity contribution in [3.8, 4) is 0 Å². The first-order valence-electron chi connectivity index (χ1n) is 5.36. The van der Waals surface area contributed by atoms with Gasteiger partial charge in [0, 0.05) is 24.6 Å². The molecule has 0 amide bonds. The smallest absolute Gasteiger partial charge is 0.147 e. The molecule has 1 aliphatic carbocycles. The van der Waals surface area contributed by atoms with Crippen LogP contribution in [0.4, 0.5) is 0 Å². The van der Waals surface area contributed by atoms with Crippen LogP contribution in [0.25, 0.3) is 0 Å². The van der Waals surface area contributed by atoms with Gasteiger partial charge in [0.2, 0.25) is 0 Å². The van der Waals surface area contributed by atoms with Gasteiger partial charge in [0.05, 0.1) is 5.75 Å². The van der Waals surface area contributed by atoms with E-state index in [0.29, 0.717) is 12.8 Å². The number of Topliss-reactive ketones (excluding diaryl/α,β-unsaturated/α-hetero) is 1. The molecular weight excluding hydrogens is 214 g/mol. The molecule has 0 aromatic rings.